The summed E-state index contributed by atoms with van der Waals surface area (Å²) < 4.78 is 4.98. The van der Waals surface area contributed by atoms with Crippen LogP contribution in [0.25, 0.3) is 0 Å². The van der Waals surface area contributed by atoms with Crippen molar-refractivity contribution in [1.82, 2.24) is 10.6 Å². The van der Waals surface area contributed by atoms with Gasteiger partial charge in [0, 0.05) is 25.6 Å². The Morgan fingerprint density at radius 2 is 1.88 bits per heavy atom. The lowest BCUT2D eigenvalue weighted by molar-refractivity contribution is -0.139. The predicted octanol–water partition coefficient (Wildman–Crippen LogP) is 1.19. The minimum absolute atomic E-state index is 0.107. The SMILES string of the molecule is COCC(C)(CC(=O)O)NC(=O)CCCNC(=O)c1ccccc1. The number of hydrogen-bond donors (Lipinski definition) is 3. The molecule has 0 aliphatic rings. The van der Waals surface area contributed by atoms with Crippen LogP contribution >= 0.6 is 0 Å². The molecule has 1 aromatic rings. The van der Waals surface area contributed by atoms with Crippen molar-refractivity contribution in [2.75, 3.05) is 20.3 Å². The molecule has 0 fully saturated rings. The van der Waals surface area contributed by atoms with E-state index in [1.165, 1.54) is 7.11 Å². The zero-order valence-corrected chi connectivity index (χ0v) is 14.0. The van der Waals surface area contributed by atoms with Gasteiger partial charge in [-0.25, -0.2) is 0 Å². The van der Waals surface area contributed by atoms with Gasteiger partial charge in [-0.1, -0.05) is 18.2 Å². The molecule has 0 aliphatic carbocycles. The van der Waals surface area contributed by atoms with Crippen molar-refractivity contribution in [3.63, 3.8) is 0 Å². The number of amides is 2. The summed E-state index contributed by atoms with van der Waals surface area (Å²) in [5.41, 5.74) is -0.388. The fourth-order valence-electron chi connectivity index (χ4n) is 2.33. The topological polar surface area (TPSA) is 105 Å². The van der Waals surface area contributed by atoms with Crippen LogP contribution in [0.2, 0.25) is 0 Å². The van der Waals surface area contributed by atoms with E-state index in [4.69, 9.17) is 9.84 Å². The number of aliphatic carboxylic acids is 1. The van der Waals surface area contributed by atoms with Crippen molar-refractivity contribution in [2.45, 2.75) is 31.7 Å². The summed E-state index contributed by atoms with van der Waals surface area (Å²) in [5.74, 6) is -1.47. The molecule has 0 aromatic heterocycles. The summed E-state index contributed by atoms with van der Waals surface area (Å²) in [4.78, 5) is 34.7. The largest absolute Gasteiger partial charge is 0.481 e. The molecular weight excluding hydrogens is 312 g/mol. The Kier molecular flexibility index (Phi) is 7.91. The fraction of sp³-hybridized carbons (Fsp3) is 0.471. The second kappa shape index (κ2) is 9.67. The molecule has 0 saturated heterocycles. The number of rotatable bonds is 10. The lowest BCUT2D eigenvalue weighted by Crippen LogP contribution is -2.50. The highest BCUT2D eigenvalue weighted by molar-refractivity contribution is 5.94. The summed E-state index contributed by atoms with van der Waals surface area (Å²) >= 11 is 0. The number of carboxylic acid groups (broad SMARTS) is 1. The second-order valence-corrected chi connectivity index (χ2v) is 5.84. The smallest absolute Gasteiger partial charge is 0.305 e. The van der Waals surface area contributed by atoms with E-state index in [0.29, 0.717) is 18.5 Å². The highest BCUT2D eigenvalue weighted by Crippen LogP contribution is 2.11. The Morgan fingerprint density at radius 3 is 2.46 bits per heavy atom. The van der Waals surface area contributed by atoms with Crippen LogP contribution in [-0.4, -0.2) is 48.7 Å². The number of nitrogens with one attached hydrogen (secondary N) is 2. The minimum atomic E-state index is -1.01. The Morgan fingerprint density at radius 1 is 1.21 bits per heavy atom. The molecule has 3 N–H and O–H groups in total. The van der Waals surface area contributed by atoms with Gasteiger partial charge in [-0.05, 0) is 25.5 Å². The van der Waals surface area contributed by atoms with Gasteiger partial charge in [0.1, 0.15) is 0 Å². The van der Waals surface area contributed by atoms with Gasteiger partial charge in [0.25, 0.3) is 5.91 Å². The number of benzene rings is 1. The van der Waals surface area contributed by atoms with Crippen LogP contribution in [0.15, 0.2) is 30.3 Å². The van der Waals surface area contributed by atoms with Crippen LogP contribution in [0.4, 0.5) is 0 Å². The highest BCUT2D eigenvalue weighted by Gasteiger charge is 2.29. The third-order valence-electron chi connectivity index (χ3n) is 3.35. The number of carbonyl (C=O) groups excluding carboxylic acids is 2. The lowest BCUT2D eigenvalue weighted by Gasteiger charge is -2.28. The zero-order chi connectivity index (χ0) is 18.0. The Labute approximate surface area is 141 Å². The Hall–Kier alpha value is -2.41. The molecule has 1 unspecified atom stereocenters. The van der Waals surface area contributed by atoms with E-state index in [9.17, 15) is 14.4 Å². The van der Waals surface area contributed by atoms with E-state index in [0.717, 1.165) is 0 Å². The maximum atomic E-state index is 12.0. The number of ether oxygens (including phenoxy) is 1. The molecular formula is C17H24N2O5. The molecule has 1 aromatic carbocycles. The van der Waals surface area contributed by atoms with E-state index in [1.54, 1.807) is 31.2 Å². The maximum absolute atomic E-state index is 12.0. The van der Waals surface area contributed by atoms with E-state index >= 15 is 0 Å². The van der Waals surface area contributed by atoms with E-state index in [2.05, 4.69) is 10.6 Å². The first kappa shape index (κ1) is 19.6. The van der Waals surface area contributed by atoms with E-state index in [1.807, 2.05) is 6.07 Å². The van der Waals surface area contributed by atoms with Gasteiger partial charge in [0.15, 0.2) is 0 Å². The van der Waals surface area contributed by atoms with Gasteiger partial charge >= 0.3 is 5.97 Å². The van der Waals surface area contributed by atoms with Crippen molar-refractivity contribution >= 4 is 17.8 Å². The van der Waals surface area contributed by atoms with E-state index in [-0.39, 0.29) is 31.3 Å². The molecule has 0 radical (unpaired) electrons. The van der Waals surface area contributed by atoms with E-state index < -0.39 is 11.5 Å². The van der Waals surface area contributed by atoms with Crippen molar-refractivity contribution in [3.8, 4) is 0 Å². The first-order valence-electron chi connectivity index (χ1n) is 7.71. The zero-order valence-electron chi connectivity index (χ0n) is 14.0. The van der Waals surface area contributed by atoms with Gasteiger partial charge in [0.05, 0.1) is 18.6 Å². The van der Waals surface area contributed by atoms with Crippen LogP contribution in [0.5, 0.6) is 0 Å². The Balaban J connectivity index is 2.35. The second-order valence-electron chi connectivity index (χ2n) is 5.84. The van der Waals surface area contributed by atoms with Gasteiger partial charge in [0.2, 0.25) is 5.91 Å². The molecule has 0 heterocycles. The van der Waals surface area contributed by atoms with Crippen LogP contribution < -0.4 is 10.6 Å². The fourth-order valence-corrected chi connectivity index (χ4v) is 2.33. The summed E-state index contributed by atoms with van der Waals surface area (Å²) in [6.45, 7) is 2.09. The van der Waals surface area contributed by atoms with Crippen molar-refractivity contribution in [2.24, 2.45) is 0 Å². The molecule has 0 spiro atoms. The first-order chi connectivity index (χ1) is 11.4. The average Bonchev–Trinajstić information content (AvgIpc) is 2.51. The third-order valence-corrected chi connectivity index (χ3v) is 3.35. The van der Waals surface area contributed by atoms with Gasteiger partial charge < -0.3 is 20.5 Å². The van der Waals surface area contributed by atoms with Crippen LogP contribution in [0.1, 0.15) is 36.5 Å². The summed E-state index contributed by atoms with van der Waals surface area (Å²) in [5, 5.41) is 14.3. The molecule has 132 valence electrons. The molecule has 2 amide bonds. The highest BCUT2D eigenvalue weighted by atomic mass is 16.5. The van der Waals surface area contributed by atoms with Crippen LogP contribution in [0.3, 0.4) is 0 Å². The van der Waals surface area contributed by atoms with Crippen molar-refractivity contribution in [1.29, 1.82) is 0 Å². The quantitative estimate of drug-likeness (QED) is 0.557. The molecule has 1 rings (SSSR count). The molecule has 0 bridgehead atoms. The van der Waals surface area contributed by atoms with Gasteiger partial charge in [-0.15, -0.1) is 0 Å². The molecule has 0 aliphatic heterocycles. The van der Waals surface area contributed by atoms with Crippen molar-refractivity contribution < 1.29 is 24.2 Å². The average molecular weight is 336 g/mol. The molecule has 7 nitrogen and oxygen atoms in total. The first-order valence-corrected chi connectivity index (χ1v) is 7.71. The van der Waals surface area contributed by atoms with Gasteiger partial charge in [-0.3, -0.25) is 14.4 Å². The number of hydrogen-bond acceptors (Lipinski definition) is 4. The van der Waals surface area contributed by atoms with Crippen molar-refractivity contribution in [3.05, 3.63) is 35.9 Å². The molecule has 24 heavy (non-hydrogen) atoms. The predicted molar refractivity (Wildman–Crippen MR) is 88.7 cm³/mol. The summed E-state index contributed by atoms with van der Waals surface area (Å²) in [6.07, 6.45) is 0.422. The van der Waals surface area contributed by atoms with Crippen LogP contribution in [-0.2, 0) is 14.3 Å². The normalized spacial score (nSPS) is 12.9. The number of carboxylic acids is 1. The molecule has 1 atom stereocenters. The number of carbonyl (C=O) groups is 3. The summed E-state index contributed by atoms with van der Waals surface area (Å²) in [6, 6.07) is 8.81. The maximum Gasteiger partial charge on any atom is 0.305 e. The lowest BCUT2D eigenvalue weighted by atomic mass is 9.98. The summed E-state index contributed by atoms with van der Waals surface area (Å²) in [7, 11) is 1.45. The minimum Gasteiger partial charge on any atom is -0.481 e. The molecule has 7 heteroatoms. The van der Waals surface area contributed by atoms with Gasteiger partial charge in [-0.2, -0.15) is 0 Å². The number of methoxy groups -OCH3 is 1. The monoisotopic (exact) mass is 336 g/mol. The molecule has 0 saturated carbocycles. The third kappa shape index (κ3) is 7.23. The Bertz CT molecular complexity index is 561. The standard InChI is InChI=1S/C17H24N2O5/c1-17(12-24-2,11-15(21)22)19-14(20)9-6-10-18-16(23)13-7-4-3-5-8-13/h3-5,7-8H,6,9-12H2,1-2H3,(H,18,23)(H,19,20)(H,21,22). The van der Waals surface area contributed by atoms with Crippen LogP contribution in [0, 0.1) is 0 Å².